The molecular weight excluding hydrogens is 255 g/mol. The van der Waals surface area contributed by atoms with Crippen LogP contribution >= 0.6 is 18.9 Å². The van der Waals surface area contributed by atoms with Gasteiger partial charge < -0.3 is 0 Å². The van der Waals surface area contributed by atoms with Gasteiger partial charge in [0.15, 0.2) is 0 Å². The first-order chi connectivity index (χ1) is 7.74. The molecule has 0 unspecified atom stereocenters. The number of thiophene rings is 1. The second-order valence-corrected chi connectivity index (χ2v) is 7.80. The average molecular weight is 272 g/mol. The smallest absolute Gasteiger partial charge is 0.296 e. The summed E-state index contributed by atoms with van der Waals surface area (Å²) in [6, 6.07) is 3.91. The lowest BCUT2D eigenvalue weighted by Crippen LogP contribution is -2.41. The Hall–Kier alpha value is -0.410. The van der Waals surface area contributed by atoms with Gasteiger partial charge in [-0.1, -0.05) is 6.07 Å². The lowest BCUT2D eigenvalue weighted by Gasteiger charge is -2.29. The van der Waals surface area contributed by atoms with Crippen LogP contribution in [0.2, 0.25) is 0 Å². The predicted molar refractivity (Wildman–Crippen MR) is 71.3 cm³/mol. The third-order valence-electron chi connectivity index (χ3n) is 3.13. The minimum atomic E-state index is -3.13. The van der Waals surface area contributed by atoms with Gasteiger partial charge in [0.1, 0.15) is 11.2 Å². The van der Waals surface area contributed by atoms with Gasteiger partial charge in [0.25, 0.3) is 0 Å². The maximum atomic E-state index is 12.4. The third kappa shape index (κ3) is 2.55. The molecule has 1 aromatic heterocycles. The van der Waals surface area contributed by atoms with Crippen molar-refractivity contribution in [3.63, 3.8) is 0 Å². The topological polar surface area (TPSA) is 35.5 Å². The second-order valence-electron chi connectivity index (χ2n) is 5.07. The van der Waals surface area contributed by atoms with Crippen LogP contribution in [0, 0.1) is 0 Å². The van der Waals surface area contributed by atoms with E-state index in [1.807, 2.05) is 45.2 Å². The zero-order chi connectivity index (χ0) is 12.7. The molecule has 1 aromatic rings. The van der Waals surface area contributed by atoms with Gasteiger partial charge in [0, 0.05) is 10.7 Å². The van der Waals surface area contributed by atoms with E-state index in [9.17, 15) is 4.57 Å². The Morgan fingerprint density at radius 2 is 1.82 bits per heavy atom. The lowest BCUT2D eigenvalue weighted by atomic mass is 9.90. The summed E-state index contributed by atoms with van der Waals surface area (Å²) in [4.78, 5) is 1.04. The normalized spacial score (nSPS) is 25.4. The van der Waals surface area contributed by atoms with Gasteiger partial charge in [-0.2, -0.15) is 0 Å². The van der Waals surface area contributed by atoms with Gasteiger partial charge in [0.2, 0.25) is 0 Å². The van der Waals surface area contributed by atoms with Crippen molar-refractivity contribution < 1.29 is 13.6 Å². The van der Waals surface area contributed by atoms with Crippen LogP contribution in [0.15, 0.2) is 23.3 Å². The van der Waals surface area contributed by atoms with Gasteiger partial charge in [-0.25, -0.2) is 0 Å². The molecule has 0 aromatic carbocycles. The van der Waals surface area contributed by atoms with Gasteiger partial charge in [-0.3, -0.25) is 13.6 Å². The molecule has 2 heterocycles. The van der Waals surface area contributed by atoms with Crippen molar-refractivity contribution >= 4 is 25.0 Å². The highest BCUT2D eigenvalue weighted by Gasteiger charge is 2.54. The summed E-state index contributed by atoms with van der Waals surface area (Å²) in [5, 5.41) is 1.97. The van der Waals surface area contributed by atoms with E-state index < -0.39 is 18.8 Å². The molecule has 1 saturated heterocycles. The highest BCUT2D eigenvalue weighted by Crippen LogP contribution is 2.65. The van der Waals surface area contributed by atoms with Crippen LogP contribution < -0.4 is 0 Å². The largest absolute Gasteiger partial charge is 0.355 e. The minimum Gasteiger partial charge on any atom is -0.296 e. The molecule has 0 aliphatic carbocycles. The highest BCUT2D eigenvalue weighted by molar-refractivity contribution is 7.57. The molecule has 0 bridgehead atoms. The van der Waals surface area contributed by atoms with Crippen LogP contribution in [0.25, 0.3) is 6.08 Å². The molecule has 0 atom stereocenters. The van der Waals surface area contributed by atoms with Crippen LogP contribution in [0.4, 0.5) is 0 Å². The third-order valence-corrected chi connectivity index (χ3v) is 5.90. The molecule has 0 radical (unpaired) electrons. The molecule has 3 nitrogen and oxygen atoms in total. The molecule has 5 heteroatoms. The summed E-state index contributed by atoms with van der Waals surface area (Å²) in [5.41, 5.74) is -1.11. The lowest BCUT2D eigenvalue weighted by molar-refractivity contribution is 0.00578. The van der Waals surface area contributed by atoms with E-state index in [1.165, 1.54) is 0 Å². The zero-order valence-corrected chi connectivity index (χ0v) is 12.2. The van der Waals surface area contributed by atoms with E-state index in [4.69, 9.17) is 9.05 Å². The van der Waals surface area contributed by atoms with Crippen LogP contribution in [0.3, 0.4) is 0 Å². The van der Waals surface area contributed by atoms with Gasteiger partial charge >= 0.3 is 7.60 Å². The molecule has 0 amide bonds. The molecule has 0 spiro atoms. The van der Waals surface area contributed by atoms with Crippen molar-refractivity contribution in [1.29, 1.82) is 0 Å². The molecule has 17 heavy (non-hydrogen) atoms. The Balaban J connectivity index is 2.21. The minimum absolute atomic E-state index is 0.553. The Labute approximate surface area is 106 Å². The van der Waals surface area contributed by atoms with Gasteiger partial charge in [0.05, 0.1) is 0 Å². The fourth-order valence-electron chi connectivity index (χ4n) is 1.49. The molecular formula is C12H17O3PS. The quantitative estimate of drug-likeness (QED) is 0.743. The van der Waals surface area contributed by atoms with E-state index in [0.29, 0.717) is 0 Å². The standard InChI is InChI=1S/C12H17O3PS/c1-11(2)12(3,4)15-16(13,14-11)8-7-10-6-5-9-17-10/h5-9H,1-4H3/b8-7+. The number of hydrogen-bond acceptors (Lipinski definition) is 4. The number of rotatable bonds is 2. The van der Waals surface area contributed by atoms with E-state index >= 15 is 0 Å². The Bertz CT molecular complexity index is 454. The molecule has 1 fully saturated rings. The molecule has 94 valence electrons. The van der Waals surface area contributed by atoms with E-state index in [2.05, 4.69) is 0 Å². The highest BCUT2D eigenvalue weighted by atomic mass is 32.1. The fourth-order valence-corrected chi connectivity index (χ4v) is 4.42. The maximum Gasteiger partial charge on any atom is 0.355 e. The number of hydrogen-bond donors (Lipinski definition) is 0. The Kier molecular flexibility index (Phi) is 3.11. The molecule has 2 rings (SSSR count). The first kappa shape index (κ1) is 13.0. The van der Waals surface area contributed by atoms with Gasteiger partial charge in [-0.15, -0.1) is 11.3 Å². The fraction of sp³-hybridized carbons (Fsp3) is 0.500. The van der Waals surface area contributed by atoms with Crippen molar-refractivity contribution in [2.45, 2.75) is 38.9 Å². The van der Waals surface area contributed by atoms with E-state index in [0.717, 1.165) is 4.88 Å². The van der Waals surface area contributed by atoms with E-state index in [1.54, 1.807) is 23.2 Å². The second kappa shape index (κ2) is 4.06. The summed E-state index contributed by atoms with van der Waals surface area (Å²) < 4.78 is 23.6. The van der Waals surface area contributed by atoms with Gasteiger partial charge in [-0.05, 0) is 45.2 Å². The van der Waals surface area contributed by atoms with Crippen LogP contribution in [0.5, 0.6) is 0 Å². The van der Waals surface area contributed by atoms with Crippen LogP contribution in [0.1, 0.15) is 32.6 Å². The van der Waals surface area contributed by atoms with Crippen molar-refractivity contribution in [3.8, 4) is 0 Å². The van der Waals surface area contributed by atoms with Crippen molar-refractivity contribution in [2.75, 3.05) is 0 Å². The van der Waals surface area contributed by atoms with Crippen molar-refractivity contribution in [1.82, 2.24) is 0 Å². The predicted octanol–water partition coefficient (Wildman–Crippen LogP) is 4.52. The van der Waals surface area contributed by atoms with Crippen LogP contribution in [-0.4, -0.2) is 11.2 Å². The maximum absolute atomic E-state index is 12.4. The molecule has 1 aliphatic heterocycles. The average Bonchev–Trinajstić information content (AvgIpc) is 2.69. The monoisotopic (exact) mass is 272 g/mol. The zero-order valence-electron chi connectivity index (χ0n) is 10.5. The molecule has 0 saturated carbocycles. The van der Waals surface area contributed by atoms with Crippen molar-refractivity contribution in [3.05, 3.63) is 28.2 Å². The van der Waals surface area contributed by atoms with Crippen molar-refractivity contribution in [2.24, 2.45) is 0 Å². The Morgan fingerprint density at radius 3 is 2.29 bits per heavy atom. The van der Waals surface area contributed by atoms with Crippen LogP contribution in [-0.2, 0) is 13.6 Å². The summed E-state index contributed by atoms with van der Waals surface area (Å²) in [6.45, 7) is 7.58. The first-order valence-electron chi connectivity index (χ1n) is 5.48. The first-order valence-corrected chi connectivity index (χ1v) is 7.97. The van der Waals surface area contributed by atoms with E-state index in [-0.39, 0.29) is 0 Å². The summed E-state index contributed by atoms with van der Waals surface area (Å²) in [6.07, 6.45) is 1.79. The SMILES string of the molecule is CC1(C)OP(=O)(/C=C/c2cccs2)OC1(C)C. The summed E-state index contributed by atoms with van der Waals surface area (Å²) >= 11 is 1.59. The summed E-state index contributed by atoms with van der Waals surface area (Å²) in [5.74, 6) is 1.55. The Morgan fingerprint density at radius 1 is 1.24 bits per heavy atom. The molecule has 0 N–H and O–H groups in total. The molecule has 1 aliphatic rings. The summed E-state index contributed by atoms with van der Waals surface area (Å²) in [7, 11) is -3.13.